The van der Waals surface area contributed by atoms with Crippen LogP contribution in [0.15, 0.2) is 28.8 Å². The number of esters is 1. The number of benzene rings is 1. The van der Waals surface area contributed by atoms with Crippen molar-refractivity contribution in [1.82, 2.24) is 5.16 Å². The van der Waals surface area contributed by atoms with Gasteiger partial charge in [0.05, 0.1) is 5.69 Å². The van der Waals surface area contributed by atoms with Gasteiger partial charge in [0.25, 0.3) is 5.91 Å². The number of hydrogen-bond donors (Lipinski definition) is 1. The molecule has 0 saturated carbocycles. The summed E-state index contributed by atoms with van der Waals surface area (Å²) in [6.07, 6.45) is -1.03. The molecule has 0 spiro atoms. The lowest BCUT2D eigenvalue weighted by Crippen LogP contribution is -2.29. The summed E-state index contributed by atoms with van der Waals surface area (Å²) in [5.41, 5.74) is 0.943. The van der Waals surface area contributed by atoms with Gasteiger partial charge in [-0.25, -0.2) is 4.79 Å². The van der Waals surface area contributed by atoms with Crippen LogP contribution >= 0.6 is 23.2 Å². The smallest absolute Gasteiger partial charge is 0.377 e. The minimum Gasteiger partial charge on any atom is -0.447 e. The van der Waals surface area contributed by atoms with Crippen LogP contribution in [0.5, 0.6) is 0 Å². The fraction of sp³-hybridized carbons (Fsp3) is 0.214. The Morgan fingerprint density at radius 3 is 2.41 bits per heavy atom. The van der Waals surface area contributed by atoms with Crippen LogP contribution in [-0.4, -0.2) is 23.1 Å². The number of aromatic nitrogens is 1. The first-order chi connectivity index (χ1) is 10.3. The second-order valence-electron chi connectivity index (χ2n) is 4.53. The molecular formula is C14H12Cl2N2O4. The van der Waals surface area contributed by atoms with E-state index < -0.39 is 18.0 Å². The van der Waals surface area contributed by atoms with Crippen molar-refractivity contribution in [2.24, 2.45) is 0 Å². The molecule has 0 fully saturated rings. The van der Waals surface area contributed by atoms with Crippen molar-refractivity contribution in [3.05, 3.63) is 45.8 Å². The fourth-order valence-electron chi connectivity index (χ4n) is 1.60. The van der Waals surface area contributed by atoms with Crippen molar-refractivity contribution in [3.63, 3.8) is 0 Å². The van der Waals surface area contributed by atoms with Crippen molar-refractivity contribution in [2.75, 3.05) is 5.32 Å². The maximum atomic E-state index is 12.0. The zero-order chi connectivity index (χ0) is 16.3. The van der Waals surface area contributed by atoms with Crippen LogP contribution in [0.1, 0.15) is 23.2 Å². The molecule has 1 heterocycles. The monoisotopic (exact) mass is 342 g/mol. The van der Waals surface area contributed by atoms with Gasteiger partial charge in [-0.15, -0.1) is 0 Å². The molecule has 22 heavy (non-hydrogen) atoms. The van der Waals surface area contributed by atoms with Gasteiger partial charge in [0.1, 0.15) is 0 Å². The normalized spacial score (nSPS) is 11.8. The zero-order valence-electron chi connectivity index (χ0n) is 11.7. The minimum absolute atomic E-state index is 0.0667. The van der Waals surface area contributed by atoms with E-state index in [0.29, 0.717) is 21.4 Å². The van der Waals surface area contributed by atoms with E-state index in [2.05, 4.69) is 10.5 Å². The van der Waals surface area contributed by atoms with E-state index in [1.54, 1.807) is 6.92 Å². The molecule has 1 N–H and O–H groups in total. The first-order valence-corrected chi connectivity index (χ1v) is 7.02. The molecule has 2 aromatic rings. The summed E-state index contributed by atoms with van der Waals surface area (Å²) in [7, 11) is 0. The van der Waals surface area contributed by atoms with E-state index >= 15 is 0 Å². The van der Waals surface area contributed by atoms with Crippen LogP contribution in [0.2, 0.25) is 10.0 Å². The van der Waals surface area contributed by atoms with Crippen molar-refractivity contribution in [2.45, 2.75) is 20.0 Å². The highest BCUT2D eigenvalue weighted by Crippen LogP contribution is 2.22. The number of aryl methyl sites for hydroxylation is 1. The molecular weight excluding hydrogens is 331 g/mol. The van der Waals surface area contributed by atoms with Gasteiger partial charge in [0.15, 0.2) is 6.10 Å². The Hall–Kier alpha value is -2.05. The summed E-state index contributed by atoms with van der Waals surface area (Å²) in [6, 6.07) is 6.01. The molecule has 1 aromatic heterocycles. The number of halogens is 2. The second kappa shape index (κ2) is 6.81. The summed E-state index contributed by atoms with van der Waals surface area (Å²) in [5.74, 6) is -1.36. The third-order valence-corrected chi connectivity index (χ3v) is 3.05. The number of nitrogens with zero attached hydrogens (tertiary/aromatic N) is 1. The van der Waals surface area contributed by atoms with Gasteiger partial charge in [-0.2, -0.15) is 0 Å². The number of ether oxygens (including phenoxy) is 1. The van der Waals surface area contributed by atoms with Gasteiger partial charge in [0.2, 0.25) is 5.76 Å². The highest BCUT2D eigenvalue weighted by atomic mass is 35.5. The number of anilines is 1. The van der Waals surface area contributed by atoms with Gasteiger partial charge in [-0.1, -0.05) is 28.4 Å². The molecule has 0 radical (unpaired) electrons. The zero-order valence-corrected chi connectivity index (χ0v) is 13.2. The van der Waals surface area contributed by atoms with E-state index in [-0.39, 0.29) is 5.76 Å². The predicted molar refractivity (Wildman–Crippen MR) is 81.2 cm³/mol. The first kappa shape index (κ1) is 16.3. The average Bonchev–Trinajstić information content (AvgIpc) is 2.84. The summed E-state index contributed by atoms with van der Waals surface area (Å²) in [6.45, 7) is 3.10. The van der Waals surface area contributed by atoms with Crippen molar-refractivity contribution in [3.8, 4) is 0 Å². The van der Waals surface area contributed by atoms with Crippen LogP contribution in [0.4, 0.5) is 5.69 Å². The molecule has 0 aliphatic carbocycles. The maximum absolute atomic E-state index is 12.0. The third-order valence-electron chi connectivity index (χ3n) is 2.61. The van der Waals surface area contributed by atoms with Crippen LogP contribution in [0.3, 0.4) is 0 Å². The van der Waals surface area contributed by atoms with Crippen molar-refractivity contribution < 1.29 is 18.8 Å². The summed E-state index contributed by atoms with van der Waals surface area (Å²) < 4.78 is 9.76. The molecule has 8 heteroatoms. The Bertz CT molecular complexity index is 694. The summed E-state index contributed by atoms with van der Waals surface area (Å²) in [5, 5.41) is 6.88. The molecule has 1 atom stereocenters. The molecule has 0 unspecified atom stereocenters. The second-order valence-corrected chi connectivity index (χ2v) is 5.40. The summed E-state index contributed by atoms with van der Waals surface area (Å²) in [4.78, 5) is 23.7. The number of carbonyl (C=O) groups excluding carboxylic acids is 2. The van der Waals surface area contributed by atoms with E-state index in [4.69, 9.17) is 32.5 Å². The maximum Gasteiger partial charge on any atom is 0.377 e. The minimum atomic E-state index is -1.03. The standard InChI is InChI=1S/C14H12Cl2N2O4/c1-7-3-12(22-18-7)14(20)21-8(2)13(19)17-11-5-9(15)4-10(16)6-11/h3-6,8H,1-2H3,(H,17,19)/t8-/m0/s1. The van der Waals surface area contributed by atoms with Crippen LogP contribution < -0.4 is 5.32 Å². The van der Waals surface area contributed by atoms with E-state index in [1.165, 1.54) is 31.2 Å². The average molecular weight is 343 g/mol. The molecule has 0 saturated heterocycles. The lowest BCUT2D eigenvalue weighted by Gasteiger charge is -2.12. The number of amides is 1. The number of rotatable bonds is 4. The molecule has 6 nitrogen and oxygen atoms in total. The van der Waals surface area contributed by atoms with Crippen molar-refractivity contribution >= 4 is 40.8 Å². The third kappa shape index (κ3) is 4.22. The van der Waals surface area contributed by atoms with E-state index in [9.17, 15) is 9.59 Å². The van der Waals surface area contributed by atoms with Crippen molar-refractivity contribution in [1.29, 1.82) is 0 Å². The number of nitrogens with one attached hydrogen (secondary N) is 1. The molecule has 1 amide bonds. The highest BCUT2D eigenvalue weighted by molar-refractivity contribution is 6.35. The topological polar surface area (TPSA) is 81.4 Å². The molecule has 2 rings (SSSR count). The Balaban J connectivity index is 1.98. The lowest BCUT2D eigenvalue weighted by atomic mass is 10.3. The lowest BCUT2D eigenvalue weighted by molar-refractivity contribution is -0.123. The Morgan fingerprint density at radius 2 is 1.86 bits per heavy atom. The SMILES string of the molecule is Cc1cc(C(=O)O[C@@H](C)C(=O)Nc2cc(Cl)cc(Cl)c2)on1. The molecule has 1 aromatic carbocycles. The molecule has 0 aliphatic rings. The van der Waals surface area contributed by atoms with Crippen LogP contribution in [0, 0.1) is 6.92 Å². The Labute approximate surface area is 136 Å². The number of hydrogen-bond acceptors (Lipinski definition) is 5. The predicted octanol–water partition coefficient (Wildman–Crippen LogP) is 3.47. The van der Waals surface area contributed by atoms with Crippen LogP contribution in [0.25, 0.3) is 0 Å². The van der Waals surface area contributed by atoms with Gasteiger partial charge >= 0.3 is 5.97 Å². The highest BCUT2D eigenvalue weighted by Gasteiger charge is 2.21. The van der Waals surface area contributed by atoms with Gasteiger partial charge in [0, 0.05) is 21.8 Å². The molecule has 0 bridgehead atoms. The Morgan fingerprint density at radius 1 is 1.23 bits per heavy atom. The number of carbonyl (C=O) groups is 2. The molecule has 116 valence electrons. The van der Waals surface area contributed by atoms with E-state index in [0.717, 1.165) is 0 Å². The van der Waals surface area contributed by atoms with Gasteiger partial charge < -0.3 is 14.6 Å². The van der Waals surface area contributed by atoms with E-state index in [1.807, 2.05) is 0 Å². The van der Waals surface area contributed by atoms with Crippen LogP contribution in [-0.2, 0) is 9.53 Å². The fourth-order valence-corrected chi connectivity index (χ4v) is 2.13. The first-order valence-electron chi connectivity index (χ1n) is 6.26. The quantitative estimate of drug-likeness (QED) is 0.860. The Kier molecular flexibility index (Phi) is 5.05. The molecule has 0 aliphatic heterocycles. The largest absolute Gasteiger partial charge is 0.447 e. The van der Waals surface area contributed by atoms with Gasteiger partial charge in [-0.3, -0.25) is 4.79 Å². The van der Waals surface area contributed by atoms with Gasteiger partial charge in [-0.05, 0) is 32.0 Å². The summed E-state index contributed by atoms with van der Waals surface area (Å²) >= 11 is 11.7.